The van der Waals surface area contributed by atoms with Crippen LogP contribution in [0.1, 0.15) is 98.4 Å². The summed E-state index contributed by atoms with van der Waals surface area (Å²) >= 11 is 0. The van der Waals surface area contributed by atoms with Crippen LogP contribution in [-0.2, 0) is 50.0 Å². The molecule has 6 rings (SSSR count). The monoisotopic (exact) mass is 760 g/mol. The maximum absolute atomic E-state index is 14.0. The van der Waals surface area contributed by atoms with E-state index in [1.165, 1.54) is 14.2 Å². The van der Waals surface area contributed by atoms with Gasteiger partial charge in [-0.3, -0.25) is 14.6 Å². The number of hydrogen-bond acceptors (Lipinski definition) is 10. The molecule has 0 aromatic carbocycles. The van der Waals surface area contributed by atoms with Gasteiger partial charge in [-0.2, -0.15) is 0 Å². The molecule has 1 aliphatic carbocycles. The quantitative estimate of drug-likeness (QED) is 0.146. The molecule has 0 spiro atoms. The van der Waals surface area contributed by atoms with Gasteiger partial charge in [-0.1, -0.05) is 18.7 Å². The first-order valence-electron chi connectivity index (χ1n) is 18.8. The van der Waals surface area contributed by atoms with Crippen LogP contribution in [0.15, 0.2) is 48.1 Å². The van der Waals surface area contributed by atoms with Crippen molar-refractivity contribution in [3.05, 3.63) is 93.1 Å². The van der Waals surface area contributed by atoms with Crippen LogP contribution < -0.4 is 0 Å². The van der Waals surface area contributed by atoms with Gasteiger partial charge in [0.25, 0.3) is 0 Å². The predicted octanol–water partition coefficient (Wildman–Crippen LogP) is 7.73. The molecule has 1 atom stereocenters. The van der Waals surface area contributed by atoms with E-state index in [0.717, 1.165) is 55.5 Å². The summed E-state index contributed by atoms with van der Waals surface area (Å²) in [7, 11) is 2.74. The van der Waals surface area contributed by atoms with Crippen LogP contribution in [-0.4, -0.2) is 71.2 Å². The fourth-order valence-electron chi connectivity index (χ4n) is 7.95. The molecule has 0 saturated heterocycles. The second-order valence-corrected chi connectivity index (χ2v) is 14.1. The van der Waals surface area contributed by atoms with Gasteiger partial charge in [0.05, 0.1) is 66.8 Å². The number of ether oxygens (including phenoxy) is 4. The highest BCUT2D eigenvalue weighted by atomic mass is 16.5. The van der Waals surface area contributed by atoms with Crippen LogP contribution in [0.5, 0.6) is 0 Å². The van der Waals surface area contributed by atoms with Crippen LogP contribution in [0.2, 0.25) is 0 Å². The Hall–Kier alpha value is -6.04. The lowest BCUT2D eigenvalue weighted by Gasteiger charge is -2.33. The number of aromatic nitrogens is 4. The maximum atomic E-state index is 14.0. The minimum absolute atomic E-state index is 0.110. The number of rotatable bonds is 11. The Bertz CT molecular complexity index is 2440. The Labute approximate surface area is 325 Å². The maximum Gasteiger partial charge on any atom is 0.335 e. The number of esters is 4. The number of aromatic amines is 2. The molecule has 3 aliphatic rings. The Kier molecular flexibility index (Phi) is 11.3. The summed E-state index contributed by atoms with van der Waals surface area (Å²) in [5.41, 5.74) is 10.7. The smallest absolute Gasteiger partial charge is 0.335 e. The number of aryl methyl sites for hydroxylation is 3. The average Bonchev–Trinajstić information content (AvgIpc) is 3.83. The molecule has 56 heavy (non-hydrogen) atoms. The number of carbonyl (C=O) groups is 4. The van der Waals surface area contributed by atoms with Crippen LogP contribution >= 0.6 is 0 Å². The average molecular weight is 761 g/mol. The third-order valence-corrected chi connectivity index (χ3v) is 11.0. The predicted molar refractivity (Wildman–Crippen MR) is 215 cm³/mol. The van der Waals surface area contributed by atoms with Crippen molar-refractivity contribution in [1.82, 2.24) is 19.9 Å². The first-order chi connectivity index (χ1) is 26.8. The Balaban J connectivity index is 1.75. The fourth-order valence-corrected chi connectivity index (χ4v) is 7.95. The highest BCUT2D eigenvalue weighted by Gasteiger charge is 2.49. The van der Waals surface area contributed by atoms with Crippen LogP contribution in [0, 0.1) is 13.8 Å². The molecule has 1 unspecified atom stereocenters. The molecule has 0 radical (unpaired) electrons. The number of allylic oxidation sites excluding steroid dienone is 4. The van der Waals surface area contributed by atoms with Gasteiger partial charge in [0.15, 0.2) is 0 Å². The Morgan fingerprint density at radius 2 is 1.39 bits per heavy atom. The van der Waals surface area contributed by atoms with E-state index in [1.807, 2.05) is 58.0 Å². The summed E-state index contributed by atoms with van der Waals surface area (Å²) in [6.45, 7) is 15.7. The van der Waals surface area contributed by atoms with E-state index in [9.17, 15) is 19.2 Å². The second kappa shape index (κ2) is 16.0. The molecular weight excluding hydrogens is 713 g/mol. The number of carbonyl (C=O) groups excluding carboxylic acids is 4. The van der Waals surface area contributed by atoms with Crippen LogP contribution in [0.4, 0.5) is 0 Å². The van der Waals surface area contributed by atoms with Crippen molar-refractivity contribution in [2.75, 3.05) is 27.4 Å². The molecular formula is C44H48N4O8. The van der Waals surface area contributed by atoms with E-state index in [2.05, 4.69) is 16.5 Å². The summed E-state index contributed by atoms with van der Waals surface area (Å²) in [6.07, 6.45) is 4.97. The summed E-state index contributed by atoms with van der Waals surface area (Å²) < 4.78 is 21.1. The lowest BCUT2D eigenvalue weighted by molar-refractivity contribution is -0.142. The van der Waals surface area contributed by atoms with Crippen molar-refractivity contribution >= 4 is 68.7 Å². The van der Waals surface area contributed by atoms with E-state index >= 15 is 0 Å². The lowest BCUT2D eigenvalue weighted by Crippen LogP contribution is -2.34. The molecule has 0 fully saturated rings. The highest BCUT2D eigenvalue weighted by molar-refractivity contribution is 6.08. The standard InChI is InChI=1S/C44H48N4O8/c1-10-26-23(4)31-19-32-24(5)27(14-17-39(49)53-8)34(45-32)21-35-28(15-18-40(50)54-9)25(6)33(46-35)20-37-30-16-13-29(42(51)55-11-2)41(43(52)56-12-3)44(30,7)38(48-37)22-36(26)47-31/h10,16,19-22,46-47H,1,11-15,17-18H2,2-9H3. The van der Waals surface area contributed by atoms with Gasteiger partial charge in [0.1, 0.15) is 0 Å². The van der Waals surface area contributed by atoms with E-state index in [4.69, 9.17) is 28.9 Å². The van der Waals surface area contributed by atoms with Gasteiger partial charge in [-0.05, 0) is 118 Å². The number of fused-ring (bicyclic) bond motifs is 11. The SMILES string of the molecule is C=Cc1c(C)c2cc3nc(cc4[nH]c(cc5nc(cc1[nH]2)C1(C)C5=CCC(C(=O)OCC)=C1C(=O)OCC)c(C)c4CCC(=O)OC)C(CCC(=O)OC)=C3C. The minimum atomic E-state index is -1.20. The first-order valence-corrected chi connectivity index (χ1v) is 18.8. The zero-order chi connectivity index (χ0) is 40.5. The normalized spacial score (nSPS) is 16.2. The van der Waals surface area contributed by atoms with Gasteiger partial charge >= 0.3 is 23.9 Å². The fraction of sp³-hybridized carbons (Fsp3) is 0.364. The Morgan fingerprint density at radius 3 is 2.05 bits per heavy atom. The number of H-pyrrole nitrogens is 2. The molecule has 3 aromatic heterocycles. The van der Waals surface area contributed by atoms with Crippen LogP contribution in [0.3, 0.4) is 0 Å². The molecule has 12 heteroatoms. The molecule has 292 valence electrons. The number of hydrogen-bond donors (Lipinski definition) is 2. The van der Waals surface area contributed by atoms with Gasteiger partial charge in [-0.15, -0.1) is 0 Å². The molecule has 2 N–H and O–H groups in total. The van der Waals surface area contributed by atoms with Gasteiger partial charge in [-0.25, -0.2) is 14.6 Å². The van der Waals surface area contributed by atoms with E-state index in [-0.39, 0.29) is 55.6 Å². The van der Waals surface area contributed by atoms with E-state index in [1.54, 1.807) is 19.9 Å². The van der Waals surface area contributed by atoms with Crippen molar-refractivity contribution in [2.45, 2.75) is 79.1 Å². The third kappa shape index (κ3) is 7.00. The molecule has 2 aliphatic heterocycles. The number of nitrogens with one attached hydrogen (secondary N) is 2. The van der Waals surface area contributed by atoms with Crippen molar-refractivity contribution < 1.29 is 38.1 Å². The number of nitrogens with zero attached hydrogens (tertiary/aromatic N) is 2. The summed E-state index contributed by atoms with van der Waals surface area (Å²) in [4.78, 5) is 69.7. The number of methoxy groups -OCH3 is 2. The second-order valence-electron chi connectivity index (χ2n) is 14.1. The van der Waals surface area contributed by atoms with Crippen molar-refractivity contribution in [2.24, 2.45) is 0 Å². The summed E-state index contributed by atoms with van der Waals surface area (Å²) in [5, 5.41) is 0. The van der Waals surface area contributed by atoms with E-state index in [0.29, 0.717) is 41.1 Å². The molecule has 0 amide bonds. The lowest BCUT2D eigenvalue weighted by atomic mass is 9.68. The van der Waals surface area contributed by atoms with Gasteiger partial charge < -0.3 is 28.9 Å². The summed E-state index contributed by atoms with van der Waals surface area (Å²) in [6, 6.07) is 7.77. The van der Waals surface area contributed by atoms with Gasteiger partial charge in [0.2, 0.25) is 0 Å². The van der Waals surface area contributed by atoms with Crippen molar-refractivity contribution in [3.8, 4) is 0 Å². The van der Waals surface area contributed by atoms with Gasteiger partial charge in [0, 0.05) is 40.5 Å². The molecule has 0 saturated carbocycles. The topological polar surface area (TPSA) is 163 Å². The molecule has 5 heterocycles. The first kappa shape index (κ1) is 39.6. The largest absolute Gasteiger partial charge is 0.469 e. The molecule has 8 bridgehead atoms. The van der Waals surface area contributed by atoms with Crippen molar-refractivity contribution in [3.63, 3.8) is 0 Å². The van der Waals surface area contributed by atoms with E-state index < -0.39 is 17.4 Å². The zero-order valence-electron chi connectivity index (χ0n) is 33.3. The Morgan fingerprint density at radius 1 is 0.786 bits per heavy atom. The third-order valence-electron chi connectivity index (χ3n) is 11.0. The molecule has 12 nitrogen and oxygen atoms in total. The van der Waals surface area contributed by atoms with Crippen molar-refractivity contribution in [1.29, 1.82) is 0 Å². The molecule has 3 aromatic rings. The minimum Gasteiger partial charge on any atom is -0.469 e. The van der Waals surface area contributed by atoms with Crippen LogP contribution in [0.25, 0.3) is 44.9 Å². The summed E-state index contributed by atoms with van der Waals surface area (Å²) in [5.74, 6) is -1.87. The zero-order valence-corrected chi connectivity index (χ0v) is 33.3. The highest BCUT2D eigenvalue weighted by Crippen LogP contribution is 2.52.